The summed E-state index contributed by atoms with van der Waals surface area (Å²) in [5, 5.41) is 5.39. The summed E-state index contributed by atoms with van der Waals surface area (Å²) in [6.07, 6.45) is 7.30. The minimum Gasteiger partial charge on any atom is -0.250 e. The van der Waals surface area contributed by atoms with Gasteiger partial charge in [-0.05, 0) is 44.1 Å². The average Bonchev–Trinajstić information content (AvgIpc) is 3.26. The van der Waals surface area contributed by atoms with Crippen LogP contribution in [0.5, 0.6) is 0 Å². The highest BCUT2D eigenvalue weighted by atomic mass is 32.2. The summed E-state index contributed by atoms with van der Waals surface area (Å²) < 4.78 is 25.0. The van der Waals surface area contributed by atoms with E-state index in [9.17, 15) is 8.42 Å². The van der Waals surface area contributed by atoms with Crippen LogP contribution in [-0.4, -0.2) is 40.7 Å². The first-order chi connectivity index (χ1) is 10.9. The van der Waals surface area contributed by atoms with E-state index in [1.54, 1.807) is 18.0 Å². The molecule has 0 amide bonds. The molecule has 124 valence electrons. The molecule has 1 fully saturated rings. The van der Waals surface area contributed by atoms with E-state index >= 15 is 0 Å². The van der Waals surface area contributed by atoms with Crippen LogP contribution >= 0.6 is 11.8 Å². The van der Waals surface area contributed by atoms with Crippen molar-refractivity contribution in [3.05, 3.63) is 24.2 Å². The molecule has 2 aromatic rings. The van der Waals surface area contributed by atoms with Gasteiger partial charge in [0.1, 0.15) is 5.75 Å². The zero-order valence-corrected chi connectivity index (χ0v) is 15.1. The van der Waals surface area contributed by atoms with E-state index in [1.165, 1.54) is 19.1 Å². The van der Waals surface area contributed by atoms with Gasteiger partial charge in [-0.1, -0.05) is 0 Å². The van der Waals surface area contributed by atoms with Gasteiger partial charge >= 0.3 is 0 Å². The number of hydrogen-bond acceptors (Lipinski definition) is 6. The first kappa shape index (κ1) is 16.4. The van der Waals surface area contributed by atoms with E-state index in [-0.39, 0.29) is 11.8 Å². The Morgan fingerprint density at radius 1 is 1.43 bits per heavy atom. The van der Waals surface area contributed by atoms with E-state index in [2.05, 4.69) is 22.0 Å². The monoisotopic (exact) mass is 352 g/mol. The molecule has 2 aromatic heterocycles. The molecule has 0 spiro atoms. The number of pyridine rings is 1. The Morgan fingerprint density at radius 2 is 2.17 bits per heavy atom. The number of aromatic nitrogens is 4. The van der Waals surface area contributed by atoms with Gasteiger partial charge in [0.25, 0.3) is 0 Å². The molecule has 0 saturated heterocycles. The predicted octanol–water partition coefficient (Wildman–Crippen LogP) is 2.58. The van der Waals surface area contributed by atoms with Crippen LogP contribution in [0.25, 0.3) is 11.4 Å². The minimum absolute atomic E-state index is 0.134. The summed E-state index contributed by atoms with van der Waals surface area (Å²) in [6.45, 7) is 2.12. The van der Waals surface area contributed by atoms with Crippen LogP contribution in [0, 0.1) is 5.92 Å². The Hall–Kier alpha value is -1.41. The van der Waals surface area contributed by atoms with Crippen LogP contribution in [0.3, 0.4) is 0 Å². The summed E-state index contributed by atoms with van der Waals surface area (Å²) >= 11 is 1.56. The van der Waals surface area contributed by atoms with E-state index in [1.807, 2.05) is 23.1 Å². The lowest BCUT2D eigenvalue weighted by Crippen LogP contribution is -2.11. The predicted molar refractivity (Wildman–Crippen MR) is 91.0 cm³/mol. The zero-order valence-electron chi connectivity index (χ0n) is 13.4. The first-order valence-electron chi connectivity index (χ1n) is 7.51. The number of thioether (sulfide) groups is 1. The van der Waals surface area contributed by atoms with E-state index in [4.69, 9.17) is 0 Å². The maximum Gasteiger partial charge on any atom is 0.166 e. The summed E-state index contributed by atoms with van der Waals surface area (Å²) in [5.74, 6) is 1.55. The van der Waals surface area contributed by atoms with Crippen LogP contribution in [0.2, 0.25) is 0 Å². The van der Waals surface area contributed by atoms with Crippen molar-refractivity contribution < 1.29 is 8.42 Å². The van der Waals surface area contributed by atoms with Gasteiger partial charge in [-0.2, -0.15) is 5.10 Å². The summed E-state index contributed by atoms with van der Waals surface area (Å²) in [6, 6.07) is 4.08. The highest BCUT2D eigenvalue weighted by Gasteiger charge is 2.32. The molecule has 3 rings (SSSR count). The van der Waals surface area contributed by atoms with E-state index in [0.29, 0.717) is 11.7 Å². The third-order valence-electron chi connectivity index (χ3n) is 3.96. The van der Waals surface area contributed by atoms with Crippen molar-refractivity contribution in [3.63, 3.8) is 0 Å². The molecule has 23 heavy (non-hydrogen) atoms. The Bertz CT molecular complexity index is 813. The molecule has 1 atom stereocenters. The molecular formula is C15H20N4O2S2. The minimum atomic E-state index is -3.16. The zero-order chi connectivity index (χ0) is 16.6. The van der Waals surface area contributed by atoms with Crippen molar-refractivity contribution in [2.24, 2.45) is 5.92 Å². The average molecular weight is 352 g/mol. The van der Waals surface area contributed by atoms with Crippen molar-refractivity contribution in [1.82, 2.24) is 19.7 Å². The molecule has 0 aromatic carbocycles. The second-order valence-corrected chi connectivity index (χ2v) is 9.00. The standard InChI is InChI=1S/C15H20N4O2S2/c1-10(11-4-5-11)19-15(12-6-7-16-14(8-12)22-2)17-13(18-19)9-23(3,20)21/h6-8,10-11H,4-5,9H2,1-3H3. The second kappa shape index (κ2) is 6.24. The fourth-order valence-electron chi connectivity index (χ4n) is 2.58. The van der Waals surface area contributed by atoms with E-state index < -0.39 is 9.84 Å². The van der Waals surface area contributed by atoms with Crippen molar-refractivity contribution >= 4 is 21.6 Å². The third kappa shape index (κ3) is 3.92. The van der Waals surface area contributed by atoms with Gasteiger partial charge < -0.3 is 0 Å². The smallest absolute Gasteiger partial charge is 0.166 e. The molecule has 8 heteroatoms. The van der Waals surface area contributed by atoms with E-state index in [0.717, 1.165) is 16.4 Å². The Kier molecular flexibility index (Phi) is 4.46. The second-order valence-electron chi connectivity index (χ2n) is 6.03. The van der Waals surface area contributed by atoms with Crippen LogP contribution in [0.1, 0.15) is 31.6 Å². The van der Waals surface area contributed by atoms with Gasteiger partial charge in [0.15, 0.2) is 21.5 Å². The summed E-state index contributed by atoms with van der Waals surface area (Å²) in [4.78, 5) is 8.79. The van der Waals surface area contributed by atoms with Crippen LogP contribution in [-0.2, 0) is 15.6 Å². The lowest BCUT2D eigenvalue weighted by molar-refractivity contribution is 0.441. The maximum absolute atomic E-state index is 11.6. The van der Waals surface area contributed by atoms with Crippen LogP contribution < -0.4 is 0 Å². The fourth-order valence-corrected chi connectivity index (χ4v) is 3.58. The topological polar surface area (TPSA) is 77.7 Å². The van der Waals surface area contributed by atoms with Gasteiger partial charge in [-0.25, -0.2) is 23.1 Å². The highest BCUT2D eigenvalue weighted by Crippen LogP contribution is 2.40. The van der Waals surface area contributed by atoms with Crippen LogP contribution in [0.4, 0.5) is 0 Å². The fraction of sp³-hybridized carbons (Fsp3) is 0.533. The Balaban J connectivity index is 2.05. The van der Waals surface area contributed by atoms with Crippen LogP contribution in [0.15, 0.2) is 23.4 Å². The number of sulfone groups is 1. The first-order valence-corrected chi connectivity index (χ1v) is 10.8. The lowest BCUT2D eigenvalue weighted by atomic mass is 10.2. The number of rotatable bonds is 6. The van der Waals surface area contributed by atoms with Gasteiger partial charge in [0.05, 0.1) is 11.1 Å². The normalized spacial score (nSPS) is 16.5. The molecule has 6 nitrogen and oxygen atoms in total. The van der Waals surface area contributed by atoms with Crippen molar-refractivity contribution in [3.8, 4) is 11.4 Å². The molecule has 0 bridgehead atoms. The molecule has 2 heterocycles. The van der Waals surface area contributed by atoms with Crippen molar-refractivity contribution in [1.29, 1.82) is 0 Å². The van der Waals surface area contributed by atoms with Gasteiger partial charge in [-0.15, -0.1) is 11.8 Å². The third-order valence-corrected chi connectivity index (χ3v) is 5.38. The SMILES string of the molecule is CSc1cc(-c2nc(CS(C)(=O)=O)nn2C(C)C2CC2)ccn1. The molecule has 1 saturated carbocycles. The maximum atomic E-state index is 11.6. The highest BCUT2D eigenvalue weighted by molar-refractivity contribution is 7.98. The van der Waals surface area contributed by atoms with Gasteiger partial charge in [0.2, 0.25) is 0 Å². The quantitative estimate of drug-likeness (QED) is 0.744. The molecule has 0 aliphatic heterocycles. The molecule has 1 unspecified atom stereocenters. The molecule has 1 aliphatic carbocycles. The Labute approximate surface area is 140 Å². The Morgan fingerprint density at radius 3 is 2.78 bits per heavy atom. The molecular weight excluding hydrogens is 332 g/mol. The van der Waals surface area contributed by atoms with Gasteiger partial charge in [0, 0.05) is 18.0 Å². The van der Waals surface area contributed by atoms with Crippen molar-refractivity contribution in [2.45, 2.75) is 36.6 Å². The lowest BCUT2D eigenvalue weighted by Gasteiger charge is -2.13. The van der Waals surface area contributed by atoms with Gasteiger partial charge in [-0.3, -0.25) is 0 Å². The summed E-state index contributed by atoms with van der Waals surface area (Å²) in [5.41, 5.74) is 0.920. The summed E-state index contributed by atoms with van der Waals surface area (Å²) in [7, 11) is -3.16. The molecule has 0 N–H and O–H groups in total. The van der Waals surface area contributed by atoms with Crippen molar-refractivity contribution in [2.75, 3.05) is 12.5 Å². The molecule has 1 aliphatic rings. The molecule has 0 radical (unpaired) electrons. The largest absolute Gasteiger partial charge is 0.250 e. The number of hydrogen-bond donors (Lipinski definition) is 0. The number of nitrogens with zero attached hydrogens (tertiary/aromatic N) is 4.